The summed E-state index contributed by atoms with van der Waals surface area (Å²) >= 11 is 1.19. The number of anilines is 2. The van der Waals surface area contributed by atoms with Crippen molar-refractivity contribution >= 4 is 53.5 Å². The van der Waals surface area contributed by atoms with Crippen LogP contribution in [0.25, 0.3) is 10.8 Å². The van der Waals surface area contributed by atoms with Gasteiger partial charge in [0.05, 0.1) is 10.6 Å². The Morgan fingerprint density at radius 2 is 1.69 bits per heavy atom. The van der Waals surface area contributed by atoms with Gasteiger partial charge in [-0.3, -0.25) is 9.03 Å². The Kier molecular flexibility index (Phi) is 5.19. The van der Waals surface area contributed by atoms with E-state index in [-0.39, 0.29) is 4.90 Å². The molecule has 0 saturated carbocycles. The molecule has 1 aromatic heterocycles. The van der Waals surface area contributed by atoms with Gasteiger partial charge in [0.2, 0.25) is 0 Å². The number of fused-ring (bicyclic) bond motifs is 2. The first kappa shape index (κ1) is 21.0. The fourth-order valence-electron chi connectivity index (χ4n) is 4.03. The maximum Gasteiger partial charge on any atom is 0.273 e. The van der Waals surface area contributed by atoms with Gasteiger partial charge in [-0.25, -0.2) is 16.8 Å². The Morgan fingerprint density at radius 1 is 0.875 bits per heavy atom. The van der Waals surface area contributed by atoms with Gasteiger partial charge in [-0.05, 0) is 59.5 Å². The second-order valence-electron chi connectivity index (χ2n) is 7.54. The summed E-state index contributed by atoms with van der Waals surface area (Å²) in [6, 6.07) is 20.8. The third kappa shape index (κ3) is 3.66. The number of hydrogen-bond acceptors (Lipinski definition) is 5. The average molecular weight is 485 g/mol. The lowest BCUT2D eigenvalue weighted by Crippen LogP contribution is -2.35. The highest BCUT2D eigenvalue weighted by Gasteiger charge is 2.30. The SMILES string of the molecule is O=S(=O)(Nc1ccc2c(c1)CCCN2S(=O)(=O)c1cccs1)c1cccc2ccccc12. The smallest absolute Gasteiger partial charge is 0.273 e. The molecule has 1 N–H and O–H groups in total. The highest BCUT2D eigenvalue weighted by atomic mass is 32.2. The van der Waals surface area contributed by atoms with Gasteiger partial charge in [-0.1, -0.05) is 42.5 Å². The highest BCUT2D eigenvalue weighted by Crippen LogP contribution is 2.35. The summed E-state index contributed by atoms with van der Waals surface area (Å²) in [6.07, 6.45) is 1.34. The van der Waals surface area contributed by atoms with Crippen LogP contribution in [0.3, 0.4) is 0 Å². The van der Waals surface area contributed by atoms with Gasteiger partial charge in [-0.15, -0.1) is 11.3 Å². The van der Waals surface area contributed by atoms with Crippen LogP contribution in [0.2, 0.25) is 0 Å². The van der Waals surface area contributed by atoms with E-state index in [4.69, 9.17) is 0 Å². The number of thiophene rings is 1. The Balaban J connectivity index is 1.49. The van der Waals surface area contributed by atoms with Crippen molar-refractivity contribution < 1.29 is 16.8 Å². The van der Waals surface area contributed by atoms with Crippen LogP contribution in [-0.2, 0) is 26.5 Å². The van der Waals surface area contributed by atoms with Crippen LogP contribution in [0, 0.1) is 0 Å². The normalized spacial score (nSPS) is 14.3. The maximum absolute atomic E-state index is 13.1. The molecule has 0 atom stereocenters. The van der Waals surface area contributed by atoms with E-state index in [1.54, 1.807) is 53.9 Å². The van der Waals surface area contributed by atoms with Crippen LogP contribution >= 0.6 is 11.3 Å². The van der Waals surface area contributed by atoms with Crippen LogP contribution in [0.4, 0.5) is 11.4 Å². The number of sulfonamides is 2. The molecule has 9 heteroatoms. The molecule has 0 amide bonds. The standard InChI is InChI=1S/C23H20N2O4S3/c26-31(27,22-10-3-7-17-6-1-2-9-20(17)22)24-19-12-13-21-18(16-19)8-4-14-25(21)32(28,29)23-11-5-15-30-23/h1-3,5-7,9-13,15-16,24H,4,8,14H2. The third-order valence-corrected chi connectivity index (χ3v) is 10.1. The number of nitrogens with zero attached hydrogens (tertiary/aromatic N) is 1. The lowest BCUT2D eigenvalue weighted by molar-refractivity contribution is 0.588. The molecule has 0 fully saturated rings. The summed E-state index contributed by atoms with van der Waals surface area (Å²) in [5, 5.41) is 3.23. The van der Waals surface area contributed by atoms with Crippen molar-refractivity contribution in [1.29, 1.82) is 0 Å². The van der Waals surface area contributed by atoms with E-state index in [9.17, 15) is 16.8 Å². The summed E-state index contributed by atoms with van der Waals surface area (Å²) in [7, 11) is -7.46. The highest BCUT2D eigenvalue weighted by molar-refractivity contribution is 7.94. The molecule has 0 saturated heterocycles. The first-order valence-electron chi connectivity index (χ1n) is 10.1. The van der Waals surface area contributed by atoms with Crippen molar-refractivity contribution in [2.75, 3.05) is 15.6 Å². The maximum atomic E-state index is 13.1. The zero-order chi connectivity index (χ0) is 22.3. The summed E-state index contributed by atoms with van der Waals surface area (Å²) in [5.41, 5.74) is 1.80. The Bertz CT molecular complexity index is 1510. The minimum absolute atomic E-state index is 0.204. The molecule has 2 heterocycles. The lowest BCUT2D eigenvalue weighted by atomic mass is 10.0. The molecule has 32 heavy (non-hydrogen) atoms. The predicted octanol–water partition coefficient (Wildman–Crippen LogP) is 4.84. The van der Waals surface area contributed by atoms with Crippen LogP contribution < -0.4 is 9.03 Å². The van der Waals surface area contributed by atoms with Crippen LogP contribution in [0.5, 0.6) is 0 Å². The molecule has 0 unspecified atom stereocenters. The Morgan fingerprint density at radius 3 is 2.50 bits per heavy atom. The first-order valence-corrected chi connectivity index (χ1v) is 13.9. The van der Waals surface area contributed by atoms with Gasteiger partial charge < -0.3 is 0 Å². The second kappa shape index (κ2) is 7.91. The fraction of sp³-hybridized carbons (Fsp3) is 0.130. The average Bonchev–Trinajstić information content (AvgIpc) is 3.34. The fourth-order valence-corrected chi connectivity index (χ4v) is 7.96. The molecule has 0 spiro atoms. The molecule has 4 aromatic rings. The van der Waals surface area contributed by atoms with Crippen molar-refractivity contribution in [3.8, 4) is 0 Å². The Hall–Kier alpha value is -2.88. The van der Waals surface area contributed by atoms with Crippen LogP contribution in [0.1, 0.15) is 12.0 Å². The third-order valence-electron chi connectivity index (χ3n) is 5.49. The zero-order valence-electron chi connectivity index (χ0n) is 16.9. The first-order chi connectivity index (χ1) is 15.4. The van der Waals surface area contributed by atoms with Gasteiger partial charge in [0, 0.05) is 17.6 Å². The largest absolute Gasteiger partial charge is 0.280 e. The summed E-state index contributed by atoms with van der Waals surface area (Å²) in [5.74, 6) is 0. The van der Waals surface area contributed by atoms with Crippen molar-refractivity contribution in [1.82, 2.24) is 0 Å². The number of rotatable bonds is 5. The molecular weight excluding hydrogens is 464 g/mol. The molecule has 5 rings (SSSR count). The van der Waals surface area contributed by atoms with Crippen molar-refractivity contribution in [2.24, 2.45) is 0 Å². The molecule has 6 nitrogen and oxygen atoms in total. The van der Waals surface area contributed by atoms with E-state index < -0.39 is 20.0 Å². The summed E-state index contributed by atoms with van der Waals surface area (Å²) in [6.45, 7) is 0.397. The molecule has 0 radical (unpaired) electrons. The molecule has 3 aromatic carbocycles. The van der Waals surface area contributed by atoms with Crippen molar-refractivity contribution in [3.63, 3.8) is 0 Å². The number of aryl methyl sites for hydroxylation is 1. The van der Waals surface area contributed by atoms with E-state index in [0.717, 1.165) is 10.9 Å². The van der Waals surface area contributed by atoms with E-state index in [1.807, 2.05) is 24.3 Å². The number of benzene rings is 3. The monoisotopic (exact) mass is 484 g/mol. The van der Waals surface area contributed by atoms with E-state index >= 15 is 0 Å². The molecule has 0 aliphatic carbocycles. The van der Waals surface area contributed by atoms with Crippen molar-refractivity contribution in [2.45, 2.75) is 21.9 Å². The molecule has 164 valence electrons. The van der Waals surface area contributed by atoms with Crippen LogP contribution in [0.15, 0.2) is 87.3 Å². The van der Waals surface area contributed by atoms with E-state index in [2.05, 4.69) is 4.72 Å². The second-order valence-corrected chi connectivity index (χ2v) is 12.2. The molecule has 0 bridgehead atoms. The molecular formula is C23H20N2O4S3. The van der Waals surface area contributed by atoms with Gasteiger partial charge in [0.15, 0.2) is 0 Å². The van der Waals surface area contributed by atoms with Gasteiger partial charge in [-0.2, -0.15) is 0 Å². The van der Waals surface area contributed by atoms with Crippen molar-refractivity contribution in [3.05, 3.63) is 83.7 Å². The topological polar surface area (TPSA) is 83.6 Å². The zero-order valence-corrected chi connectivity index (χ0v) is 19.4. The predicted molar refractivity (Wildman–Crippen MR) is 128 cm³/mol. The minimum atomic E-state index is -3.82. The minimum Gasteiger partial charge on any atom is -0.280 e. The summed E-state index contributed by atoms with van der Waals surface area (Å²) in [4.78, 5) is 0.204. The summed E-state index contributed by atoms with van der Waals surface area (Å²) < 4.78 is 56.8. The van der Waals surface area contributed by atoms with E-state index in [1.165, 1.54) is 15.6 Å². The number of hydrogen-bond donors (Lipinski definition) is 1. The quantitative estimate of drug-likeness (QED) is 0.439. The lowest BCUT2D eigenvalue weighted by Gasteiger charge is -2.30. The Labute approximate surface area is 191 Å². The van der Waals surface area contributed by atoms with Crippen LogP contribution in [-0.4, -0.2) is 23.4 Å². The van der Waals surface area contributed by atoms with Gasteiger partial charge >= 0.3 is 0 Å². The van der Waals surface area contributed by atoms with Gasteiger partial charge in [0.25, 0.3) is 20.0 Å². The molecule has 1 aliphatic rings. The molecule has 1 aliphatic heterocycles. The van der Waals surface area contributed by atoms with E-state index in [0.29, 0.717) is 40.4 Å². The number of nitrogens with one attached hydrogen (secondary N) is 1. The van der Waals surface area contributed by atoms with Gasteiger partial charge in [0.1, 0.15) is 4.21 Å².